The fraction of sp³-hybridized carbons (Fsp3) is 0.640. The maximum Gasteiger partial charge on any atom is 0.246 e. The van der Waals surface area contributed by atoms with Crippen molar-refractivity contribution in [3.8, 4) is 0 Å². The fourth-order valence-electron chi connectivity index (χ4n) is 4.69. The number of hydrogen-bond donors (Lipinski definition) is 3. The normalized spacial score (nSPS) is 22.6. The Morgan fingerprint density at radius 3 is 2.50 bits per heavy atom. The Morgan fingerprint density at radius 2 is 1.81 bits per heavy atom. The lowest BCUT2D eigenvalue weighted by Crippen LogP contribution is -2.59. The number of likely N-dealkylation sites (N-methyl/N-ethyl adjacent to an activating group) is 1. The smallest absolute Gasteiger partial charge is 0.246 e. The van der Waals surface area contributed by atoms with Crippen LogP contribution < -0.4 is 16.0 Å². The maximum absolute atomic E-state index is 13.6. The van der Waals surface area contributed by atoms with Crippen LogP contribution >= 0.6 is 0 Å². The van der Waals surface area contributed by atoms with Gasteiger partial charge in [0.15, 0.2) is 0 Å². The zero-order valence-electron chi connectivity index (χ0n) is 20.0. The molecule has 1 saturated heterocycles. The van der Waals surface area contributed by atoms with Crippen molar-refractivity contribution in [3.63, 3.8) is 0 Å². The lowest BCUT2D eigenvalue weighted by Gasteiger charge is -2.36. The van der Waals surface area contributed by atoms with Crippen molar-refractivity contribution in [3.05, 3.63) is 35.4 Å². The van der Waals surface area contributed by atoms with Crippen molar-refractivity contribution in [1.82, 2.24) is 20.9 Å². The lowest BCUT2D eigenvalue weighted by atomic mass is 9.85. The van der Waals surface area contributed by atoms with Crippen LogP contribution in [0.25, 0.3) is 0 Å². The number of nitrogens with one attached hydrogen (secondary N) is 3. The molecule has 1 aliphatic carbocycles. The van der Waals surface area contributed by atoms with Crippen molar-refractivity contribution < 1.29 is 14.4 Å². The first kappa shape index (κ1) is 24.2. The van der Waals surface area contributed by atoms with E-state index in [1.165, 1.54) is 11.1 Å². The maximum atomic E-state index is 13.6. The summed E-state index contributed by atoms with van der Waals surface area (Å²) >= 11 is 0. The van der Waals surface area contributed by atoms with Gasteiger partial charge in [-0.25, -0.2) is 0 Å². The molecule has 7 heteroatoms. The third-order valence-electron chi connectivity index (χ3n) is 6.75. The number of nitrogens with zero attached hydrogens (tertiary/aromatic N) is 1. The number of benzene rings is 1. The second-order valence-corrected chi connectivity index (χ2v) is 10.2. The summed E-state index contributed by atoms with van der Waals surface area (Å²) < 4.78 is 0. The van der Waals surface area contributed by atoms with Crippen LogP contribution in [-0.4, -0.2) is 54.3 Å². The second kappa shape index (κ2) is 10.0. The SMILES string of the molecule is CN[C@@H](C)C(=O)N[C@H](C(=O)N1CCCC1C(=O)N[C@@H]1CCCc2ccccc21)C(C)(C)C. The molecule has 32 heavy (non-hydrogen) atoms. The average Bonchev–Trinajstić information content (AvgIpc) is 3.26. The molecule has 0 aromatic heterocycles. The number of hydrogen-bond acceptors (Lipinski definition) is 4. The van der Waals surface area contributed by atoms with E-state index in [2.05, 4.69) is 28.1 Å². The Hall–Kier alpha value is -2.41. The van der Waals surface area contributed by atoms with Crippen molar-refractivity contribution in [2.75, 3.05) is 13.6 Å². The summed E-state index contributed by atoms with van der Waals surface area (Å²) in [4.78, 5) is 41.0. The van der Waals surface area contributed by atoms with Gasteiger partial charge in [0.25, 0.3) is 0 Å². The topological polar surface area (TPSA) is 90.5 Å². The van der Waals surface area contributed by atoms with E-state index in [1.54, 1.807) is 18.9 Å². The van der Waals surface area contributed by atoms with Gasteiger partial charge in [-0.05, 0) is 62.6 Å². The molecule has 2 aliphatic rings. The molecule has 0 saturated carbocycles. The summed E-state index contributed by atoms with van der Waals surface area (Å²) in [6.45, 7) is 8.09. The summed E-state index contributed by atoms with van der Waals surface area (Å²) in [6, 6.07) is 6.65. The largest absolute Gasteiger partial charge is 0.347 e. The first-order valence-electron chi connectivity index (χ1n) is 11.8. The molecule has 3 amide bonds. The van der Waals surface area contributed by atoms with Crippen LogP contribution in [0, 0.1) is 5.41 Å². The highest BCUT2D eigenvalue weighted by molar-refractivity contribution is 5.94. The predicted molar refractivity (Wildman–Crippen MR) is 125 cm³/mol. The third-order valence-corrected chi connectivity index (χ3v) is 6.75. The Bertz CT molecular complexity index is 848. The Balaban J connectivity index is 1.74. The molecule has 1 fully saturated rings. The number of carbonyl (C=O) groups excluding carboxylic acids is 3. The first-order chi connectivity index (χ1) is 15.1. The van der Waals surface area contributed by atoms with Crippen molar-refractivity contribution in [1.29, 1.82) is 0 Å². The molecule has 7 nitrogen and oxygen atoms in total. The van der Waals surface area contributed by atoms with E-state index in [0.29, 0.717) is 13.0 Å². The van der Waals surface area contributed by atoms with Crippen LogP contribution in [0.1, 0.15) is 70.5 Å². The Kier molecular flexibility index (Phi) is 7.59. The van der Waals surface area contributed by atoms with E-state index < -0.39 is 23.5 Å². The van der Waals surface area contributed by atoms with Crippen molar-refractivity contribution in [2.24, 2.45) is 5.41 Å². The Morgan fingerprint density at radius 1 is 1.09 bits per heavy atom. The lowest BCUT2D eigenvalue weighted by molar-refractivity contribution is -0.144. The zero-order valence-corrected chi connectivity index (χ0v) is 20.0. The van der Waals surface area contributed by atoms with E-state index in [4.69, 9.17) is 0 Å². The highest BCUT2D eigenvalue weighted by atomic mass is 16.2. The second-order valence-electron chi connectivity index (χ2n) is 10.2. The van der Waals surface area contributed by atoms with Crippen molar-refractivity contribution >= 4 is 17.7 Å². The quantitative estimate of drug-likeness (QED) is 0.631. The molecule has 1 aliphatic heterocycles. The zero-order chi connectivity index (χ0) is 23.5. The standard InChI is InChI=1S/C25H38N4O3/c1-16(26-5)22(30)28-21(25(2,3)4)24(32)29-15-9-14-20(29)23(31)27-19-13-8-11-17-10-6-7-12-18(17)19/h6-7,10,12,16,19-21,26H,8-9,11,13-15H2,1-5H3,(H,27,31)(H,28,30)/t16-,19+,20?,21+/m0/s1. The summed E-state index contributed by atoms with van der Waals surface area (Å²) in [5, 5.41) is 9.04. The van der Waals surface area contributed by atoms with Gasteiger partial charge in [0.05, 0.1) is 12.1 Å². The molecule has 1 aromatic carbocycles. The number of fused-ring (bicyclic) bond motifs is 1. The van der Waals surface area contributed by atoms with Gasteiger partial charge in [-0.2, -0.15) is 0 Å². The summed E-state index contributed by atoms with van der Waals surface area (Å²) in [5.74, 6) is -0.504. The molecule has 1 heterocycles. The minimum atomic E-state index is -0.699. The minimum absolute atomic E-state index is 0.0143. The van der Waals surface area contributed by atoms with E-state index >= 15 is 0 Å². The van der Waals surface area contributed by atoms with Crippen LogP contribution in [0.3, 0.4) is 0 Å². The van der Waals surface area contributed by atoms with Crippen LogP contribution in [-0.2, 0) is 20.8 Å². The van der Waals surface area contributed by atoms with Crippen LogP contribution in [0.5, 0.6) is 0 Å². The molecule has 0 spiro atoms. The predicted octanol–water partition coefficient (Wildman–Crippen LogP) is 2.31. The number of carbonyl (C=O) groups is 3. The van der Waals surface area contributed by atoms with Crippen LogP contribution in [0.15, 0.2) is 24.3 Å². The first-order valence-corrected chi connectivity index (χ1v) is 11.8. The van der Waals surface area contributed by atoms with E-state index in [0.717, 1.165) is 25.7 Å². The van der Waals surface area contributed by atoms with Crippen LogP contribution in [0.4, 0.5) is 0 Å². The highest BCUT2D eigenvalue weighted by Gasteiger charge is 2.42. The van der Waals surface area contributed by atoms with Gasteiger partial charge in [0.2, 0.25) is 17.7 Å². The van der Waals surface area contributed by atoms with E-state index in [1.807, 2.05) is 32.9 Å². The fourth-order valence-corrected chi connectivity index (χ4v) is 4.69. The van der Waals surface area contributed by atoms with E-state index in [9.17, 15) is 14.4 Å². The molecule has 176 valence electrons. The number of amides is 3. The molecule has 0 radical (unpaired) electrons. The van der Waals surface area contributed by atoms with E-state index in [-0.39, 0.29) is 23.8 Å². The number of likely N-dealkylation sites (tertiary alicyclic amines) is 1. The van der Waals surface area contributed by atoms with Crippen LogP contribution in [0.2, 0.25) is 0 Å². The summed E-state index contributed by atoms with van der Waals surface area (Å²) in [7, 11) is 1.71. The third kappa shape index (κ3) is 5.31. The molecule has 3 N–H and O–H groups in total. The molecule has 3 rings (SSSR count). The van der Waals surface area contributed by atoms with Gasteiger partial charge in [-0.3, -0.25) is 14.4 Å². The highest BCUT2D eigenvalue weighted by Crippen LogP contribution is 2.31. The van der Waals surface area contributed by atoms with Gasteiger partial charge in [-0.15, -0.1) is 0 Å². The monoisotopic (exact) mass is 442 g/mol. The molecule has 1 aromatic rings. The summed E-state index contributed by atoms with van der Waals surface area (Å²) in [6.07, 6.45) is 4.41. The minimum Gasteiger partial charge on any atom is -0.347 e. The summed E-state index contributed by atoms with van der Waals surface area (Å²) in [5.41, 5.74) is 1.99. The van der Waals surface area contributed by atoms with Crippen molar-refractivity contribution in [2.45, 2.75) is 84.0 Å². The molecular weight excluding hydrogens is 404 g/mol. The van der Waals surface area contributed by atoms with Gasteiger partial charge < -0.3 is 20.9 Å². The Labute approximate surface area is 191 Å². The molecule has 4 atom stereocenters. The van der Waals surface area contributed by atoms with Gasteiger partial charge >= 0.3 is 0 Å². The number of aryl methyl sites for hydroxylation is 1. The molecular formula is C25H38N4O3. The molecule has 0 bridgehead atoms. The average molecular weight is 443 g/mol. The number of rotatable bonds is 6. The molecule has 1 unspecified atom stereocenters. The van der Waals surface area contributed by atoms with Gasteiger partial charge in [-0.1, -0.05) is 45.0 Å². The van der Waals surface area contributed by atoms with Gasteiger partial charge in [0.1, 0.15) is 12.1 Å². The van der Waals surface area contributed by atoms with Gasteiger partial charge in [0, 0.05) is 6.54 Å².